The predicted octanol–water partition coefficient (Wildman–Crippen LogP) is 3.39. The highest BCUT2D eigenvalue weighted by atomic mass is 79.9. The average Bonchev–Trinajstić information content (AvgIpc) is 2.54. The Morgan fingerprint density at radius 3 is 2.62 bits per heavy atom. The van der Waals surface area contributed by atoms with Crippen LogP contribution in [0.2, 0.25) is 0 Å². The molecule has 1 nitrogen and oxygen atoms in total. The lowest BCUT2D eigenvalue weighted by atomic mass is 10.1. The molecule has 0 radical (unpaired) electrons. The maximum Gasteiger partial charge on any atom is 0.136 e. The van der Waals surface area contributed by atoms with Crippen molar-refractivity contribution in [1.82, 2.24) is 0 Å². The van der Waals surface area contributed by atoms with E-state index in [1.165, 1.54) is 5.56 Å². The second-order valence-electron chi connectivity index (χ2n) is 3.15. The van der Waals surface area contributed by atoms with Crippen molar-refractivity contribution in [3.8, 4) is 0 Å². The zero-order valence-electron chi connectivity index (χ0n) is 7.42. The summed E-state index contributed by atoms with van der Waals surface area (Å²) in [6.07, 6.45) is 0. The number of benzene rings is 1. The molecular formula is C10H11BrOS. The number of ether oxygens (including phenoxy) is 1. The van der Waals surface area contributed by atoms with E-state index in [9.17, 15) is 0 Å². The quantitative estimate of drug-likeness (QED) is 0.764. The molecule has 2 rings (SSSR count). The summed E-state index contributed by atoms with van der Waals surface area (Å²) >= 11 is 5.29. The number of hydrogen-bond donors (Lipinski definition) is 0. The highest BCUT2D eigenvalue weighted by Gasteiger charge is 2.32. The molecule has 0 aromatic heterocycles. The molecule has 3 heteroatoms. The smallest absolute Gasteiger partial charge is 0.136 e. The van der Waals surface area contributed by atoms with Gasteiger partial charge in [-0.25, -0.2) is 0 Å². The van der Waals surface area contributed by atoms with E-state index in [-0.39, 0.29) is 4.93 Å². The number of thioether (sulfide) groups is 1. The van der Waals surface area contributed by atoms with Crippen LogP contribution in [0.5, 0.6) is 0 Å². The van der Waals surface area contributed by atoms with Gasteiger partial charge in [-0.1, -0.05) is 28.1 Å². The Balaban J connectivity index is 2.29. The first-order valence-corrected chi connectivity index (χ1v) is 6.02. The van der Waals surface area contributed by atoms with Gasteiger partial charge in [0.15, 0.2) is 0 Å². The molecule has 1 saturated heterocycles. The third kappa shape index (κ3) is 1.92. The SMILES string of the molecule is CC1(c2ccc(Br)cc2)OCCS1. The van der Waals surface area contributed by atoms with Gasteiger partial charge in [0.25, 0.3) is 0 Å². The molecule has 1 aliphatic heterocycles. The van der Waals surface area contributed by atoms with Crippen LogP contribution in [-0.4, -0.2) is 12.4 Å². The van der Waals surface area contributed by atoms with Gasteiger partial charge in [-0.15, -0.1) is 11.8 Å². The molecule has 70 valence electrons. The summed E-state index contributed by atoms with van der Waals surface area (Å²) < 4.78 is 6.83. The Labute approximate surface area is 91.0 Å². The summed E-state index contributed by atoms with van der Waals surface area (Å²) in [7, 11) is 0. The minimum Gasteiger partial charge on any atom is -0.359 e. The maximum absolute atomic E-state index is 5.71. The van der Waals surface area contributed by atoms with Gasteiger partial charge in [0.2, 0.25) is 0 Å². The lowest BCUT2D eigenvalue weighted by molar-refractivity contribution is 0.0644. The summed E-state index contributed by atoms with van der Waals surface area (Å²) in [6.45, 7) is 2.99. The van der Waals surface area contributed by atoms with Gasteiger partial charge in [-0.2, -0.15) is 0 Å². The van der Waals surface area contributed by atoms with Gasteiger partial charge < -0.3 is 4.74 Å². The largest absolute Gasteiger partial charge is 0.359 e. The first-order valence-electron chi connectivity index (χ1n) is 4.25. The normalized spacial score (nSPS) is 27.8. The van der Waals surface area contributed by atoms with Gasteiger partial charge in [-0.05, 0) is 24.6 Å². The Morgan fingerprint density at radius 2 is 2.08 bits per heavy atom. The Morgan fingerprint density at radius 1 is 1.38 bits per heavy atom. The lowest BCUT2D eigenvalue weighted by Gasteiger charge is -2.22. The van der Waals surface area contributed by atoms with E-state index in [0.717, 1.165) is 16.8 Å². The molecule has 1 fully saturated rings. The fourth-order valence-corrected chi connectivity index (χ4v) is 2.72. The van der Waals surface area contributed by atoms with E-state index in [4.69, 9.17) is 4.74 Å². The second-order valence-corrected chi connectivity index (χ2v) is 5.54. The summed E-state index contributed by atoms with van der Waals surface area (Å²) in [5, 5.41) is 0. The van der Waals surface area contributed by atoms with Crippen LogP contribution in [0.4, 0.5) is 0 Å². The molecule has 0 saturated carbocycles. The highest BCUT2D eigenvalue weighted by molar-refractivity contribution is 9.10. The monoisotopic (exact) mass is 258 g/mol. The van der Waals surface area contributed by atoms with Gasteiger partial charge >= 0.3 is 0 Å². The van der Waals surface area contributed by atoms with E-state index in [1.54, 1.807) is 0 Å². The van der Waals surface area contributed by atoms with Crippen LogP contribution in [0.15, 0.2) is 28.7 Å². The number of rotatable bonds is 1. The molecule has 1 unspecified atom stereocenters. The van der Waals surface area contributed by atoms with E-state index in [2.05, 4.69) is 47.1 Å². The van der Waals surface area contributed by atoms with Crippen LogP contribution in [0.25, 0.3) is 0 Å². The van der Waals surface area contributed by atoms with Crippen molar-refractivity contribution in [3.63, 3.8) is 0 Å². The lowest BCUT2D eigenvalue weighted by Crippen LogP contribution is -2.15. The topological polar surface area (TPSA) is 9.23 Å². The molecule has 0 amide bonds. The minimum atomic E-state index is -0.124. The fourth-order valence-electron chi connectivity index (χ4n) is 1.43. The molecule has 0 aliphatic carbocycles. The van der Waals surface area contributed by atoms with E-state index in [1.807, 2.05) is 11.8 Å². The molecule has 0 bridgehead atoms. The molecule has 1 aliphatic rings. The minimum absolute atomic E-state index is 0.124. The van der Waals surface area contributed by atoms with Crippen LogP contribution in [0.3, 0.4) is 0 Å². The third-order valence-electron chi connectivity index (χ3n) is 2.21. The first kappa shape index (κ1) is 9.56. The maximum atomic E-state index is 5.71. The van der Waals surface area contributed by atoms with Crippen molar-refractivity contribution in [2.75, 3.05) is 12.4 Å². The predicted molar refractivity (Wildman–Crippen MR) is 59.9 cm³/mol. The molecule has 0 N–H and O–H groups in total. The Bertz CT molecular complexity index is 290. The molecule has 0 spiro atoms. The molecule has 1 heterocycles. The summed E-state index contributed by atoms with van der Waals surface area (Å²) in [5.74, 6) is 1.09. The summed E-state index contributed by atoms with van der Waals surface area (Å²) in [4.78, 5) is -0.124. The fraction of sp³-hybridized carbons (Fsp3) is 0.400. The van der Waals surface area contributed by atoms with E-state index in [0.29, 0.717) is 0 Å². The molecule has 1 aromatic carbocycles. The highest BCUT2D eigenvalue weighted by Crippen LogP contribution is 2.41. The van der Waals surface area contributed by atoms with Gasteiger partial charge in [-0.3, -0.25) is 0 Å². The van der Waals surface area contributed by atoms with Crippen molar-refractivity contribution in [1.29, 1.82) is 0 Å². The Hall–Kier alpha value is 0.01000. The standard InChI is InChI=1S/C10H11BrOS/c1-10(12-6-7-13-10)8-2-4-9(11)5-3-8/h2-5H,6-7H2,1H3. The van der Waals surface area contributed by atoms with E-state index >= 15 is 0 Å². The van der Waals surface area contributed by atoms with E-state index < -0.39 is 0 Å². The third-order valence-corrected chi connectivity index (χ3v) is 4.01. The van der Waals surface area contributed by atoms with Crippen molar-refractivity contribution < 1.29 is 4.74 Å². The van der Waals surface area contributed by atoms with Gasteiger partial charge in [0.05, 0.1) is 6.61 Å². The number of hydrogen-bond acceptors (Lipinski definition) is 2. The van der Waals surface area contributed by atoms with Crippen molar-refractivity contribution in [3.05, 3.63) is 34.3 Å². The van der Waals surface area contributed by atoms with Crippen LogP contribution >= 0.6 is 27.7 Å². The summed E-state index contributed by atoms with van der Waals surface area (Å²) in [5.41, 5.74) is 1.25. The zero-order valence-corrected chi connectivity index (χ0v) is 9.82. The first-order chi connectivity index (χ1) is 6.21. The summed E-state index contributed by atoms with van der Waals surface area (Å²) in [6, 6.07) is 8.34. The average molecular weight is 259 g/mol. The van der Waals surface area contributed by atoms with Crippen LogP contribution < -0.4 is 0 Å². The van der Waals surface area contributed by atoms with Gasteiger partial charge in [0, 0.05) is 10.2 Å². The second kappa shape index (κ2) is 3.64. The molecule has 13 heavy (non-hydrogen) atoms. The molecular weight excluding hydrogens is 248 g/mol. The van der Waals surface area contributed by atoms with Crippen LogP contribution in [0.1, 0.15) is 12.5 Å². The number of halogens is 1. The Kier molecular flexibility index (Phi) is 2.67. The van der Waals surface area contributed by atoms with Crippen LogP contribution in [-0.2, 0) is 9.67 Å². The zero-order chi connectivity index (χ0) is 9.31. The van der Waals surface area contributed by atoms with Crippen molar-refractivity contribution in [2.45, 2.75) is 11.9 Å². The van der Waals surface area contributed by atoms with Crippen molar-refractivity contribution >= 4 is 27.7 Å². The van der Waals surface area contributed by atoms with Gasteiger partial charge in [0.1, 0.15) is 4.93 Å². The molecule has 1 atom stereocenters. The molecule has 1 aromatic rings. The van der Waals surface area contributed by atoms with Crippen LogP contribution in [0, 0.1) is 0 Å². The van der Waals surface area contributed by atoms with Crippen molar-refractivity contribution in [2.24, 2.45) is 0 Å².